The Kier molecular flexibility index (Phi) is 7.16. The Balaban J connectivity index is 2.27. The third kappa shape index (κ3) is 4.76. The van der Waals surface area contributed by atoms with Gasteiger partial charge in [-0.1, -0.05) is 24.3 Å². The standard InChI is InChI=1S/C19H28O8/c1-13-9-6-7-11-24-16(20)14-15(17(21)25-12-8-10-13)27-19(3,23-5)18(2,22-4)26-14/h6,9,14-15H,1,7-8,10-12H2,2-5H3/b9-6+. The SMILES string of the molecule is C=C1/C=C/CCOC(=O)C2OC(C)(OC)C(C)(OC)OC2C(=O)OCCC1. The number of esters is 2. The van der Waals surface area contributed by atoms with Gasteiger partial charge in [0.2, 0.25) is 11.6 Å². The van der Waals surface area contributed by atoms with Crippen molar-refractivity contribution >= 4 is 11.9 Å². The molecule has 4 atom stereocenters. The fourth-order valence-electron chi connectivity index (χ4n) is 2.83. The summed E-state index contributed by atoms with van der Waals surface area (Å²) in [7, 11) is 2.79. The lowest BCUT2D eigenvalue weighted by atomic mass is 10.0. The second kappa shape index (κ2) is 8.97. The zero-order valence-corrected chi connectivity index (χ0v) is 16.3. The topological polar surface area (TPSA) is 89.5 Å². The normalized spacial score (nSPS) is 37.6. The summed E-state index contributed by atoms with van der Waals surface area (Å²) >= 11 is 0. The van der Waals surface area contributed by atoms with Crippen LogP contribution in [-0.2, 0) is 38.0 Å². The fraction of sp³-hybridized carbons (Fsp3) is 0.684. The van der Waals surface area contributed by atoms with Crippen molar-refractivity contribution in [2.75, 3.05) is 27.4 Å². The number of fused-ring (bicyclic) bond motifs is 1. The summed E-state index contributed by atoms with van der Waals surface area (Å²) in [5.41, 5.74) is 0.910. The monoisotopic (exact) mass is 384 g/mol. The van der Waals surface area contributed by atoms with Crippen molar-refractivity contribution < 1.29 is 38.0 Å². The predicted octanol–water partition coefficient (Wildman–Crippen LogP) is 1.88. The first-order valence-corrected chi connectivity index (χ1v) is 8.90. The predicted molar refractivity (Wildman–Crippen MR) is 94.6 cm³/mol. The molecule has 2 rings (SSSR count). The van der Waals surface area contributed by atoms with Crippen LogP contribution in [-0.4, -0.2) is 63.2 Å². The quantitative estimate of drug-likeness (QED) is 0.667. The average Bonchev–Trinajstić information content (AvgIpc) is 2.65. The molecule has 0 N–H and O–H groups in total. The summed E-state index contributed by atoms with van der Waals surface area (Å²) in [6.07, 6.45) is 2.88. The molecule has 0 aromatic carbocycles. The minimum atomic E-state index is -1.44. The molecule has 2 aliphatic heterocycles. The molecular formula is C19H28O8. The number of cyclic esters (lactones) is 2. The van der Waals surface area contributed by atoms with E-state index < -0.39 is 35.7 Å². The van der Waals surface area contributed by atoms with Crippen LogP contribution in [0.15, 0.2) is 24.3 Å². The highest BCUT2D eigenvalue weighted by Gasteiger charge is 2.60. The fourth-order valence-corrected chi connectivity index (χ4v) is 2.83. The van der Waals surface area contributed by atoms with Gasteiger partial charge in [-0.3, -0.25) is 0 Å². The van der Waals surface area contributed by atoms with Gasteiger partial charge in [-0.2, -0.15) is 0 Å². The molecule has 0 aliphatic carbocycles. The van der Waals surface area contributed by atoms with Gasteiger partial charge < -0.3 is 28.4 Å². The van der Waals surface area contributed by atoms with E-state index in [2.05, 4.69) is 6.58 Å². The maximum absolute atomic E-state index is 12.6. The molecule has 152 valence electrons. The number of carbonyl (C=O) groups excluding carboxylic acids is 2. The van der Waals surface area contributed by atoms with E-state index in [-0.39, 0.29) is 13.2 Å². The summed E-state index contributed by atoms with van der Waals surface area (Å²) in [4.78, 5) is 25.1. The van der Waals surface area contributed by atoms with Gasteiger partial charge >= 0.3 is 11.9 Å². The van der Waals surface area contributed by atoms with E-state index in [0.29, 0.717) is 19.3 Å². The minimum absolute atomic E-state index is 0.134. The lowest BCUT2D eigenvalue weighted by Crippen LogP contribution is -2.68. The van der Waals surface area contributed by atoms with Crippen LogP contribution in [0.2, 0.25) is 0 Å². The highest BCUT2D eigenvalue weighted by molar-refractivity contribution is 5.86. The molecule has 0 radical (unpaired) electrons. The van der Waals surface area contributed by atoms with Gasteiger partial charge in [-0.25, -0.2) is 9.59 Å². The highest BCUT2D eigenvalue weighted by atomic mass is 16.8. The Morgan fingerprint density at radius 3 is 2.04 bits per heavy atom. The Morgan fingerprint density at radius 1 is 1.00 bits per heavy atom. The van der Waals surface area contributed by atoms with E-state index in [1.165, 1.54) is 14.2 Å². The summed E-state index contributed by atoms with van der Waals surface area (Å²) in [6, 6.07) is 0. The Morgan fingerprint density at radius 2 is 1.52 bits per heavy atom. The van der Waals surface area contributed by atoms with Gasteiger partial charge in [0.1, 0.15) is 0 Å². The van der Waals surface area contributed by atoms with Gasteiger partial charge in [0.25, 0.3) is 0 Å². The van der Waals surface area contributed by atoms with Crippen LogP contribution in [0.4, 0.5) is 0 Å². The number of methoxy groups -OCH3 is 2. The van der Waals surface area contributed by atoms with Crippen LogP contribution < -0.4 is 0 Å². The van der Waals surface area contributed by atoms with Crippen LogP contribution in [0.5, 0.6) is 0 Å². The lowest BCUT2D eigenvalue weighted by molar-refractivity contribution is -0.439. The minimum Gasteiger partial charge on any atom is -0.464 e. The Bertz CT molecular complexity index is 601. The molecular weight excluding hydrogens is 356 g/mol. The average molecular weight is 384 g/mol. The van der Waals surface area contributed by atoms with Gasteiger partial charge in [-0.05, 0) is 33.1 Å². The molecule has 27 heavy (non-hydrogen) atoms. The van der Waals surface area contributed by atoms with E-state index in [1.54, 1.807) is 13.8 Å². The van der Waals surface area contributed by atoms with Crippen molar-refractivity contribution in [3.63, 3.8) is 0 Å². The molecule has 4 unspecified atom stereocenters. The number of ether oxygens (including phenoxy) is 6. The molecule has 0 amide bonds. The van der Waals surface area contributed by atoms with E-state index in [9.17, 15) is 9.59 Å². The summed E-state index contributed by atoms with van der Waals surface area (Å²) in [5.74, 6) is -4.34. The molecule has 1 fully saturated rings. The molecule has 8 heteroatoms. The molecule has 2 heterocycles. The first-order valence-electron chi connectivity index (χ1n) is 8.90. The zero-order chi connectivity index (χ0) is 20.1. The molecule has 0 aromatic rings. The second-order valence-corrected chi connectivity index (χ2v) is 6.66. The lowest BCUT2D eigenvalue weighted by Gasteiger charge is -2.50. The van der Waals surface area contributed by atoms with Gasteiger partial charge in [0.15, 0.2) is 12.2 Å². The van der Waals surface area contributed by atoms with Gasteiger partial charge in [-0.15, -0.1) is 0 Å². The van der Waals surface area contributed by atoms with Crippen molar-refractivity contribution in [2.24, 2.45) is 0 Å². The van der Waals surface area contributed by atoms with E-state index in [0.717, 1.165) is 5.57 Å². The number of rotatable bonds is 2. The smallest absolute Gasteiger partial charge is 0.338 e. The first kappa shape index (κ1) is 21.6. The van der Waals surface area contributed by atoms with Crippen molar-refractivity contribution in [1.82, 2.24) is 0 Å². The van der Waals surface area contributed by atoms with Crippen molar-refractivity contribution in [3.05, 3.63) is 24.3 Å². The van der Waals surface area contributed by atoms with Crippen LogP contribution in [0.1, 0.15) is 33.1 Å². The molecule has 0 spiro atoms. The molecule has 8 nitrogen and oxygen atoms in total. The van der Waals surface area contributed by atoms with E-state index in [1.807, 2.05) is 12.2 Å². The first-order chi connectivity index (χ1) is 12.8. The van der Waals surface area contributed by atoms with Gasteiger partial charge in [0.05, 0.1) is 13.2 Å². The molecule has 0 saturated carbocycles. The maximum atomic E-state index is 12.6. The summed E-state index contributed by atoms with van der Waals surface area (Å²) in [6.45, 7) is 7.35. The summed E-state index contributed by atoms with van der Waals surface area (Å²) in [5, 5.41) is 0. The zero-order valence-electron chi connectivity index (χ0n) is 16.3. The number of hydrogen-bond donors (Lipinski definition) is 0. The molecule has 0 bridgehead atoms. The van der Waals surface area contributed by atoms with Crippen molar-refractivity contribution in [1.29, 1.82) is 0 Å². The Labute approximate surface area is 159 Å². The largest absolute Gasteiger partial charge is 0.464 e. The van der Waals surface area contributed by atoms with E-state index in [4.69, 9.17) is 28.4 Å². The van der Waals surface area contributed by atoms with Crippen LogP contribution in [0.25, 0.3) is 0 Å². The van der Waals surface area contributed by atoms with Crippen molar-refractivity contribution in [3.8, 4) is 0 Å². The maximum Gasteiger partial charge on any atom is 0.338 e. The molecule has 0 aromatic heterocycles. The third-order valence-electron chi connectivity index (χ3n) is 4.82. The molecule has 1 saturated heterocycles. The number of allylic oxidation sites excluding steroid dienone is 2. The van der Waals surface area contributed by atoms with Gasteiger partial charge in [0, 0.05) is 14.2 Å². The molecule has 2 aliphatic rings. The van der Waals surface area contributed by atoms with Crippen LogP contribution in [0.3, 0.4) is 0 Å². The number of hydrogen-bond acceptors (Lipinski definition) is 8. The highest BCUT2D eigenvalue weighted by Crippen LogP contribution is 2.39. The third-order valence-corrected chi connectivity index (χ3v) is 4.82. The van der Waals surface area contributed by atoms with E-state index >= 15 is 0 Å². The Hall–Kier alpha value is -1.74. The number of carbonyl (C=O) groups is 2. The van der Waals surface area contributed by atoms with Crippen LogP contribution >= 0.6 is 0 Å². The summed E-state index contributed by atoms with van der Waals surface area (Å²) < 4.78 is 32.9. The second-order valence-electron chi connectivity index (χ2n) is 6.66. The van der Waals surface area contributed by atoms with Crippen molar-refractivity contribution in [2.45, 2.75) is 56.9 Å². The van der Waals surface area contributed by atoms with Crippen LogP contribution in [0, 0.1) is 0 Å².